The van der Waals surface area contributed by atoms with E-state index in [1.165, 1.54) is 13.2 Å². The number of hydrogen-bond acceptors (Lipinski definition) is 5. The van der Waals surface area contributed by atoms with E-state index in [2.05, 4.69) is 4.74 Å². The molecule has 0 radical (unpaired) electrons. The molecule has 2 aromatic rings. The maximum absolute atomic E-state index is 12.1. The normalized spacial score (nSPS) is 11.3. The first-order valence-electron chi connectivity index (χ1n) is 9.03. The molecule has 150 valence electrons. The molecule has 6 heteroatoms. The van der Waals surface area contributed by atoms with Gasteiger partial charge in [-0.05, 0) is 36.1 Å². The summed E-state index contributed by atoms with van der Waals surface area (Å²) in [5.41, 5.74) is 2.38. The smallest absolute Gasteiger partial charge is 0.338 e. The fourth-order valence-electron chi connectivity index (χ4n) is 2.46. The second-order valence-electron chi connectivity index (χ2n) is 6.05. The summed E-state index contributed by atoms with van der Waals surface area (Å²) in [7, 11) is 1.17. The lowest BCUT2D eigenvalue weighted by molar-refractivity contribution is -0.136. The van der Waals surface area contributed by atoms with Crippen molar-refractivity contribution in [3.05, 3.63) is 84.0 Å². The third kappa shape index (κ3) is 7.10. The number of carbonyl (C=O) groups excluding carboxylic acids is 2. The number of benzene rings is 2. The summed E-state index contributed by atoms with van der Waals surface area (Å²) in [5, 5.41) is 9.01. The Morgan fingerprint density at radius 2 is 1.62 bits per heavy atom. The minimum absolute atomic E-state index is 0.174. The summed E-state index contributed by atoms with van der Waals surface area (Å²) in [6.07, 6.45) is 4.84. The van der Waals surface area contributed by atoms with E-state index in [9.17, 15) is 14.4 Å². The van der Waals surface area contributed by atoms with E-state index in [-0.39, 0.29) is 12.2 Å². The third-order valence-electron chi connectivity index (χ3n) is 3.99. The van der Waals surface area contributed by atoms with Gasteiger partial charge in [-0.15, -0.1) is 0 Å². The number of unbranched alkanes of at least 4 members (excludes halogenated alkanes) is 1. The predicted molar refractivity (Wildman–Crippen MR) is 108 cm³/mol. The van der Waals surface area contributed by atoms with E-state index in [1.54, 1.807) is 18.2 Å². The van der Waals surface area contributed by atoms with E-state index in [4.69, 9.17) is 9.84 Å². The number of methoxy groups -OCH3 is 1. The Labute approximate surface area is 169 Å². The van der Waals surface area contributed by atoms with Crippen molar-refractivity contribution in [3.63, 3.8) is 0 Å². The van der Waals surface area contributed by atoms with Gasteiger partial charge < -0.3 is 14.6 Å². The minimum Gasteiger partial charge on any atom is -0.478 e. The van der Waals surface area contributed by atoms with Crippen LogP contribution in [0.3, 0.4) is 0 Å². The van der Waals surface area contributed by atoms with Gasteiger partial charge in [0.2, 0.25) is 0 Å². The average Bonchev–Trinajstić information content (AvgIpc) is 2.75. The van der Waals surface area contributed by atoms with Crippen molar-refractivity contribution >= 4 is 17.9 Å². The molecule has 0 spiro atoms. The van der Waals surface area contributed by atoms with Crippen molar-refractivity contribution in [2.45, 2.75) is 12.8 Å². The van der Waals surface area contributed by atoms with Crippen molar-refractivity contribution < 1.29 is 29.0 Å². The number of ether oxygens (including phenoxy) is 2. The fourth-order valence-corrected chi connectivity index (χ4v) is 2.46. The molecule has 0 aliphatic carbocycles. The standard InChI is InChI=1S/C23H22O6/c1-28-21(24)16-20(22(25)26)10-6-3-7-15-29-23(27)19-13-11-18(12-14-19)17-8-4-2-5-9-17/h2,4-6,8-14,16H,3,7,15H2,1H3,(H,25,26)/b10-6+,20-16-. The first kappa shape index (κ1) is 21.6. The molecule has 0 saturated heterocycles. The molecule has 2 rings (SSSR count). The highest BCUT2D eigenvalue weighted by molar-refractivity contribution is 5.97. The Kier molecular flexibility index (Phi) is 8.38. The molecule has 0 bridgehead atoms. The van der Waals surface area contributed by atoms with Crippen molar-refractivity contribution in [3.8, 4) is 11.1 Å². The number of allylic oxidation sites excluding steroid dienone is 1. The van der Waals surface area contributed by atoms with Gasteiger partial charge in [-0.25, -0.2) is 14.4 Å². The van der Waals surface area contributed by atoms with Crippen LogP contribution in [0.2, 0.25) is 0 Å². The maximum Gasteiger partial charge on any atom is 0.338 e. The van der Waals surface area contributed by atoms with Crippen LogP contribution < -0.4 is 0 Å². The van der Waals surface area contributed by atoms with Crippen molar-refractivity contribution in [2.75, 3.05) is 13.7 Å². The summed E-state index contributed by atoms with van der Waals surface area (Å²) in [6.45, 7) is 0.201. The molecular weight excluding hydrogens is 372 g/mol. The number of esters is 2. The molecule has 29 heavy (non-hydrogen) atoms. The molecule has 6 nitrogen and oxygen atoms in total. The lowest BCUT2D eigenvalue weighted by atomic mass is 10.0. The van der Waals surface area contributed by atoms with Crippen LogP contribution in [0.1, 0.15) is 23.2 Å². The SMILES string of the molecule is COC(=O)/C=C(/C=C/CCCOC(=O)c1ccc(-c2ccccc2)cc1)C(=O)O. The summed E-state index contributed by atoms with van der Waals surface area (Å²) in [6, 6.07) is 17.0. The molecular formula is C23H22O6. The number of aliphatic carboxylic acids is 1. The van der Waals surface area contributed by atoms with Crippen LogP contribution in [0.25, 0.3) is 11.1 Å². The molecule has 0 heterocycles. The van der Waals surface area contributed by atoms with E-state index < -0.39 is 17.9 Å². The van der Waals surface area contributed by atoms with Crippen molar-refractivity contribution in [1.29, 1.82) is 0 Å². The number of hydrogen-bond donors (Lipinski definition) is 1. The van der Waals surface area contributed by atoms with Crippen LogP contribution in [-0.2, 0) is 19.1 Å². The van der Waals surface area contributed by atoms with Gasteiger partial charge in [-0.3, -0.25) is 0 Å². The van der Waals surface area contributed by atoms with Crippen molar-refractivity contribution in [1.82, 2.24) is 0 Å². The van der Waals surface area contributed by atoms with Gasteiger partial charge in [0, 0.05) is 6.08 Å². The van der Waals surface area contributed by atoms with Crippen LogP contribution >= 0.6 is 0 Å². The van der Waals surface area contributed by atoms with Gasteiger partial charge in [0.1, 0.15) is 0 Å². The van der Waals surface area contributed by atoms with Gasteiger partial charge >= 0.3 is 17.9 Å². The number of carbonyl (C=O) groups is 3. The zero-order valence-corrected chi connectivity index (χ0v) is 16.0. The summed E-state index contributed by atoms with van der Waals surface area (Å²) in [4.78, 5) is 34.3. The summed E-state index contributed by atoms with van der Waals surface area (Å²) < 4.78 is 9.64. The molecule has 0 unspecified atom stereocenters. The number of carboxylic acids is 1. The van der Waals surface area contributed by atoms with E-state index in [1.807, 2.05) is 42.5 Å². The Morgan fingerprint density at radius 1 is 0.966 bits per heavy atom. The van der Waals surface area contributed by atoms with Gasteiger partial charge in [0.15, 0.2) is 0 Å². The van der Waals surface area contributed by atoms with Crippen LogP contribution in [0.15, 0.2) is 78.4 Å². The Morgan fingerprint density at radius 3 is 2.24 bits per heavy atom. The molecule has 0 saturated carbocycles. The first-order valence-corrected chi connectivity index (χ1v) is 9.03. The van der Waals surface area contributed by atoms with E-state index in [0.29, 0.717) is 18.4 Å². The maximum atomic E-state index is 12.1. The lowest BCUT2D eigenvalue weighted by Gasteiger charge is -2.05. The van der Waals surface area contributed by atoms with E-state index >= 15 is 0 Å². The molecule has 0 atom stereocenters. The van der Waals surface area contributed by atoms with Gasteiger partial charge in [-0.1, -0.05) is 54.6 Å². The van der Waals surface area contributed by atoms with Crippen LogP contribution in [0.5, 0.6) is 0 Å². The Hall–Kier alpha value is -3.67. The number of carboxylic acid groups (broad SMARTS) is 1. The summed E-state index contributed by atoms with van der Waals surface area (Å²) in [5.74, 6) is -2.37. The highest BCUT2D eigenvalue weighted by Crippen LogP contribution is 2.19. The van der Waals surface area contributed by atoms with Gasteiger partial charge in [-0.2, -0.15) is 0 Å². The minimum atomic E-state index is -1.22. The molecule has 0 amide bonds. The topological polar surface area (TPSA) is 89.9 Å². The number of rotatable bonds is 9. The van der Waals surface area contributed by atoms with Crippen LogP contribution in [0, 0.1) is 0 Å². The zero-order chi connectivity index (χ0) is 21.1. The highest BCUT2D eigenvalue weighted by Gasteiger charge is 2.08. The molecule has 0 aliphatic rings. The monoisotopic (exact) mass is 394 g/mol. The van der Waals surface area contributed by atoms with Gasteiger partial charge in [0.05, 0.1) is 24.9 Å². The molecule has 0 aliphatic heterocycles. The first-order chi connectivity index (χ1) is 14.0. The Bertz CT molecular complexity index is 895. The van der Waals surface area contributed by atoms with Crippen molar-refractivity contribution in [2.24, 2.45) is 0 Å². The average molecular weight is 394 g/mol. The van der Waals surface area contributed by atoms with E-state index in [0.717, 1.165) is 17.2 Å². The predicted octanol–water partition coefficient (Wildman–Crippen LogP) is 4.03. The molecule has 1 N–H and O–H groups in total. The second kappa shape index (κ2) is 11.2. The molecule has 2 aromatic carbocycles. The summed E-state index contributed by atoms with van der Waals surface area (Å²) >= 11 is 0. The van der Waals surface area contributed by atoms with Crippen LogP contribution in [0.4, 0.5) is 0 Å². The Balaban J connectivity index is 1.79. The highest BCUT2D eigenvalue weighted by atomic mass is 16.5. The molecule has 0 fully saturated rings. The van der Waals surface area contributed by atoms with Gasteiger partial charge in [0.25, 0.3) is 0 Å². The molecule has 0 aromatic heterocycles. The second-order valence-corrected chi connectivity index (χ2v) is 6.05. The van der Waals surface area contributed by atoms with Crippen LogP contribution in [-0.4, -0.2) is 36.7 Å². The largest absolute Gasteiger partial charge is 0.478 e. The lowest BCUT2D eigenvalue weighted by Crippen LogP contribution is -2.06. The quantitative estimate of drug-likeness (QED) is 0.299. The third-order valence-corrected chi connectivity index (χ3v) is 3.99. The zero-order valence-electron chi connectivity index (χ0n) is 16.0. The fraction of sp³-hybridized carbons (Fsp3) is 0.174.